The van der Waals surface area contributed by atoms with Crippen LogP contribution in [-0.4, -0.2) is 12.2 Å². The predicted octanol–water partition coefficient (Wildman–Crippen LogP) is 4.13. The average Bonchev–Trinajstić information content (AvgIpc) is 2.41. The fraction of sp³-hybridized carbons (Fsp3) is 0.250. The molecule has 1 atom stereocenters. The Bertz CT molecular complexity index is 492. The zero-order valence-corrected chi connectivity index (χ0v) is 10.8. The van der Waals surface area contributed by atoms with E-state index in [4.69, 9.17) is 4.74 Å². The van der Waals surface area contributed by atoms with Gasteiger partial charge in [0.2, 0.25) is 0 Å². The van der Waals surface area contributed by atoms with Gasteiger partial charge in [-0.2, -0.15) is 0 Å². The van der Waals surface area contributed by atoms with Gasteiger partial charge in [0.1, 0.15) is 11.5 Å². The van der Waals surface area contributed by atoms with Crippen LogP contribution in [0.3, 0.4) is 0 Å². The normalized spacial score (nSPS) is 18.6. The molecule has 1 aromatic carbocycles. The van der Waals surface area contributed by atoms with Crippen LogP contribution in [0.5, 0.6) is 5.75 Å². The van der Waals surface area contributed by atoms with Crippen molar-refractivity contribution in [1.29, 1.82) is 0 Å². The number of aliphatic hydroxyl groups is 1. The second-order valence-electron chi connectivity index (χ2n) is 4.47. The molecule has 0 radical (unpaired) electrons. The van der Waals surface area contributed by atoms with E-state index in [1.807, 2.05) is 24.3 Å². The molecule has 2 heteroatoms. The minimum atomic E-state index is 0.351. The summed E-state index contributed by atoms with van der Waals surface area (Å²) in [6.07, 6.45) is 8.54. The monoisotopic (exact) mass is 242 g/mol. The van der Waals surface area contributed by atoms with Gasteiger partial charge < -0.3 is 9.84 Å². The SMILES string of the molecule is COc1ccc(C(C)C=C2C=CC(O)=CC2)cc1. The van der Waals surface area contributed by atoms with E-state index in [-0.39, 0.29) is 0 Å². The molecule has 18 heavy (non-hydrogen) atoms. The van der Waals surface area contributed by atoms with E-state index in [1.165, 1.54) is 11.1 Å². The smallest absolute Gasteiger partial charge is 0.118 e. The molecule has 1 N–H and O–H groups in total. The van der Waals surface area contributed by atoms with E-state index in [1.54, 1.807) is 13.2 Å². The van der Waals surface area contributed by atoms with Crippen LogP contribution in [0.4, 0.5) is 0 Å². The number of allylic oxidation sites excluding steroid dienone is 5. The molecule has 0 saturated carbocycles. The number of hydrogen-bond acceptors (Lipinski definition) is 2. The van der Waals surface area contributed by atoms with E-state index < -0.39 is 0 Å². The number of benzene rings is 1. The van der Waals surface area contributed by atoms with Crippen molar-refractivity contribution in [3.63, 3.8) is 0 Å². The van der Waals surface area contributed by atoms with Gasteiger partial charge in [0.25, 0.3) is 0 Å². The molecule has 0 fully saturated rings. The van der Waals surface area contributed by atoms with Crippen LogP contribution in [0.1, 0.15) is 24.8 Å². The lowest BCUT2D eigenvalue weighted by atomic mass is 9.95. The Morgan fingerprint density at radius 3 is 2.50 bits per heavy atom. The number of methoxy groups -OCH3 is 1. The van der Waals surface area contributed by atoms with Crippen molar-refractivity contribution in [3.8, 4) is 5.75 Å². The topological polar surface area (TPSA) is 29.5 Å². The Kier molecular flexibility index (Phi) is 3.88. The third-order valence-corrected chi connectivity index (χ3v) is 3.12. The summed E-state index contributed by atoms with van der Waals surface area (Å²) in [6.45, 7) is 2.17. The largest absolute Gasteiger partial charge is 0.508 e. The molecule has 1 aliphatic rings. The first-order valence-corrected chi connectivity index (χ1v) is 6.11. The molecule has 0 aromatic heterocycles. The van der Waals surface area contributed by atoms with E-state index in [0.717, 1.165) is 12.2 Å². The van der Waals surface area contributed by atoms with Crippen molar-refractivity contribution in [2.75, 3.05) is 7.11 Å². The highest BCUT2D eigenvalue weighted by molar-refractivity contribution is 5.36. The molecule has 0 heterocycles. The first-order chi connectivity index (χ1) is 8.69. The van der Waals surface area contributed by atoms with Gasteiger partial charge in [0.05, 0.1) is 7.11 Å². The highest BCUT2D eigenvalue weighted by Gasteiger charge is 2.05. The van der Waals surface area contributed by atoms with Crippen molar-refractivity contribution in [2.45, 2.75) is 19.3 Å². The lowest BCUT2D eigenvalue weighted by Crippen LogP contribution is -1.93. The molecule has 1 unspecified atom stereocenters. The summed E-state index contributed by atoms with van der Waals surface area (Å²) in [5.41, 5.74) is 2.49. The molecular formula is C16H18O2. The van der Waals surface area contributed by atoms with Crippen molar-refractivity contribution < 1.29 is 9.84 Å². The van der Waals surface area contributed by atoms with Crippen LogP contribution in [0.15, 0.2) is 59.9 Å². The third-order valence-electron chi connectivity index (χ3n) is 3.12. The number of aliphatic hydroxyl groups excluding tert-OH is 1. The van der Waals surface area contributed by atoms with Gasteiger partial charge in [-0.3, -0.25) is 0 Å². The Balaban J connectivity index is 2.09. The molecule has 2 rings (SSSR count). The number of ether oxygens (including phenoxy) is 1. The Labute approximate surface area is 108 Å². The lowest BCUT2D eigenvalue weighted by Gasteiger charge is -2.11. The summed E-state index contributed by atoms with van der Waals surface area (Å²) in [6, 6.07) is 8.13. The molecular weight excluding hydrogens is 224 g/mol. The summed E-state index contributed by atoms with van der Waals surface area (Å²) in [7, 11) is 1.67. The van der Waals surface area contributed by atoms with E-state index >= 15 is 0 Å². The van der Waals surface area contributed by atoms with Gasteiger partial charge in [-0.1, -0.05) is 31.2 Å². The molecule has 0 spiro atoms. The third kappa shape index (κ3) is 3.04. The maximum Gasteiger partial charge on any atom is 0.118 e. The van der Waals surface area contributed by atoms with Crippen molar-refractivity contribution in [2.24, 2.45) is 0 Å². The quantitative estimate of drug-likeness (QED) is 0.863. The summed E-state index contributed by atoms with van der Waals surface area (Å²) < 4.78 is 5.15. The lowest BCUT2D eigenvalue weighted by molar-refractivity contribution is 0.414. The van der Waals surface area contributed by atoms with Crippen molar-refractivity contribution in [1.82, 2.24) is 0 Å². The van der Waals surface area contributed by atoms with Gasteiger partial charge >= 0.3 is 0 Å². The highest BCUT2D eigenvalue weighted by Crippen LogP contribution is 2.24. The van der Waals surface area contributed by atoms with E-state index in [2.05, 4.69) is 25.1 Å². The summed E-state index contributed by atoms with van der Waals surface area (Å²) in [5, 5.41) is 9.27. The fourth-order valence-corrected chi connectivity index (χ4v) is 2.00. The zero-order chi connectivity index (χ0) is 13.0. The molecule has 0 bridgehead atoms. The number of hydrogen-bond donors (Lipinski definition) is 1. The highest BCUT2D eigenvalue weighted by atomic mass is 16.5. The first-order valence-electron chi connectivity index (χ1n) is 6.11. The maximum atomic E-state index is 9.27. The predicted molar refractivity (Wildman–Crippen MR) is 74.0 cm³/mol. The van der Waals surface area contributed by atoms with Crippen LogP contribution < -0.4 is 4.74 Å². The fourth-order valence-electron chi connectivity index (χ4n) is 2.00. The zero-order valence-electron chi connectivity index (χ0n) is 10.8. The van der Waals surface area contributed by atoms with Crippen LogP contribution in [-0.2, 0) is 0 Å². The molecule has 0 aliphatic heterocycles. The van der Waals surface area contributed by atoms with Crippen LogP contribution in [0.25, 0.3) is 0 Å². The standard InChI is InChI=1S/C16H18O2/c1-12(11-13-3-7-15(17)8-4-13)14-5-9-16(18-2)10-6-14/h3,5-12,17H,4H2,1-2H3. The van der Waals surface area contributed by atoms with Gasteiger partial charge in [-0.25, -0.2) is 0 Å². The average molecular weight is 242 g/mol. The Hall–Kier alpha value is -1.96. The molecule has 94 valence electrons. The van der Waals surface area contributed by atoms with E-state index in [9.17, 15) is 5.11 Å². The summed E-state index contributed by atoms with van der Waals surface area (Å²) in [4.78, 5) is 0. The minimum absolute atomic E-state index is 0.351. The second kappa shape index (κ2) is 5.58. The van der Waals surface area contributed by atoms with Gasteiger partial charge in [-0.05, 0) is 47.8 Å². The van der Waals surface area contributed by atoms with Gasteiger partial charge in [-0.15, -0.1) is 0 Å². The van der Waals surface area contributed by atoms with Gasteiger partial charge in [0.15, 0.2) is 0 Å². The molecule has 2 nitrogen and oxygen atoms in total. The summed E-state index contributed by atoms with van der Waals surface area (Å²) >= 11 is 0. The van der Waals surface area contributed by atoms with Crippen molar-refractivity contribution in [3.05, 3.63) is 65.5 Å². The van der Waals surface area contributed by atoms with Crippen LogP contribution >= 0.6 is 0 Å². The molecule has 1 aliphatic carbocycles. The molecule has 0 saturated heterocycles. The van der Waals surface area contributed by atoms with Crippen molar-refractivity contribution >= 4 is 0 Å². The number of rotatable bonds is 3. The Morgan fingerprint density at radius 2 is 1.94 bits per heavy atom. The maximum absolute atomic E-state index is 9.27. The van der Waals surface area contributed by atoms with Gasteiger partial charge in [0, 0.05) is 0 Å². The van der Waals surface area contributed by atoms with E-state index in [0.29, 0.717) is 11.7 Å². The van der Waals surface area contributed by atoms with Crippen LogP contribution in [0, 0.1) is 0 Å². The molecule has 0 amide bonds. The minimum Gasteiger partial charge on any atom is -0.508 e. The summed E-state index contributed by atoms with van der Waals surface area (Å²) in [5.74, 6) is 1.58. The molecule has 1 aromatic rings. The Morgan fingerprint density at radius 1 is 1.22 bits per heavy atom. The first kappa shape index (κ1) is 12.5. The van der Waals surface area contributed by atoms with Crippen LogP contribution in [0.2, 0.25) is 0 Å². The second-order valence-corrected chi connectivity index (χ2v) is 4.47.